The normalized spacial score (nSPS) is 11.8. The van der Waals surface area contributed by atoms with E-state index in [-0.39, 0.29) is 0 Å². The zero-order valence-electron chi connectivity index (χ0n) is 15.4. The van der Waals surface area contributed by atoms with Gasteiger partial charge >= 0.3 is 0 Å². The monoisotopic (exact) mass is 336 g/mol. The van der Waals surface area contributed by atoms with Crippen LogP contribution in [0, 0.1) is 27.7 Å². The third kappa shape index (κ3) is 3.20. The Balaban J connectivity index is 2.21. The van der Waals surface area contributed by atoms with Gasteiger partial charge in [-0.05, 0) is 60.4 Å². The van der Waals surface area contributed by atoms with Gasteiger partial charge in [0.15, 0.2) is 5.82 Å². The van der Waals surface area contributed by atoms with Crippen molar-refractivity contribution in [3.63, 3.8) is 0 Å². The lowest BCUT2D eigenvalue weighted by Crippen LogP contribution is -2.33. The van der Waals surface area contributed by atoms with Crippen molar-refractivity contribution in [2.45, 2.75) is 39.7 Å². The number of aromatic nitrogens is 4. The van der Waals surface area contributed by atoms with Gasteiger partial charge in [0.1, 0.15) is 5.60 Å². The number of rotatable bonds is 4. The van der Waals surface area contributed by atoms with Crippen LogP contribution in [0.4, 0.5) is 0 Å². The fourth-order valence-corrected chi connectivity index (χ4v) is 3.52. The molecule has 1 aromatic heterocycles. The maximum atomic E-state index is 11.9. The van der Waals surface area contributed by atoms with E-state index < -0.39 is 5.60 Å². The van der Waals surface area contributed by atoms with Gasteiger partial charge in [-0.15, -0.1) is 5.10 Å². The maximum Gasteiger partial charge on any atom is 0.154 e. The number of aliphatic hydroxyl groups is 1. The number of tetrazole rings is 1. The molecule has 0 amide bonds. The van der Waals surface area contributed by atoms with Gasteiger partial charge in [0.05, 0.1) is 0 Å². The summed E-state index contributed by atoms with van der Waals surface area (Å²) in [6.07, 6.45) is 0.310. The van der Waals surface area contributed by atoms with Gasteiger partial charge < -0.3 is 5.11 Å². The fraction of sp³-hybridized carbons (Fsp3) is 0.350. The summed E-state index contributed by atoms with van der Waals surface area (Å²) >= 11 is 0. The molecular formula is C20H24N4O. The van der Waals surface area contributed by atoms with Crippen molar-refractivity contribution in [1.82, 2.24) is 20.2 Å². The molecule has 0 saturated carbocycles. The van der Waals surface area contributed by atoms with Gasteiger partial charge in [-0.1, -0.05) is 47.5 Å². The minimum atomic E-state index is -1.20. The van der Waals surface area contributed by atoms with Crippen LogP contribution in [0.5, 0.6) is 0 Å². The van der Waals surface area contributed by atoms with Gasteiger partial charge in [-0.25, -0.2) is 4.68 Å². The molecule has 0 unspecified atom stereocenters. The number of aryl methyl sites for hydroxylation is 5. The second-order valence-electron chi connectivity index (χ2n) is 6.89. The molecule has 0 saturated heterocycles. The van der Waals surface area contributed by atoms with Crippen LogP contribution < -0.4 is 0 Å². The second-order valence-corrected chi connectivity index (χ2v) is 6.89. The van der Waals surface area contributed by atoms with E-state index in [0.717, 1.165) is 22.3 Å². The zero-order chi connectivity index (χ0) is 18.2. The Bertz CT molecular complexity index is 862. The van der Waals surface area contributed by atoms with Gasteiger partial charge in [0.2, 0.25) is 0 Å². The van der Waals surface area contributed by atoms with E-state index in [4.69, 9.17) is 0 Å². The minimum absolute atomic E-state index is 0.310. The quantitative estimate of drug-likeness (QED) is 0.796. The van der Waals surface area contributed by atoms with Crippen LogP contribution in [-0.4, -0.2) is 25.3 Å². The van der Waals surface area contributed by atoms with Gasteiger partial charge in [-0.3, -0.25) is 0 Å². The molecule has 5 nitrogen and oxygen atoms in total. The largest absolute Gasteiger partial charge is 0.380 e. The van der Waals surface area contributed by atoms with Crippen molar-refractivity contribution < 1.29 is 5.11 Å². The smallest absolute Gasteiger partial charge is 0.154 e. The molecule has 25 heavy (non-hydrogen) atoms. The molecule has 1 N–H and O–H groups in total. The Labute approximate surface area is 148 Å². The molecule has 0 aliphatic rings. The first kappa shape index (κ1) is 17.3. The first-order chi connectivity index (χ1) is 11.8. The average Bonchev–Trinajstić information content (AvgIpc) is 2.91. The molecule has 0 fully saturated rings. The SMILES string of the molecule is Cc1ccc(C(O)(Cc2nnnn2C)c2ccc(C)cc2C)c(C)c1. The highest BCUT2D eigenvalue weighted by molar-refractivity contribution is 5.46. The molecule has 0 atom stereocenters. The minimum Gasteiger partial charge on any atom is -0.380 e. The molecule has 2 aromatic carbocycles. The Morgan fingerprint density at radius 1 is 0.920 bits per heavy atom. The number of benzene rings is 2. The molecular weight excluding hydrogens is 312 g/mol. The second kappa shape index (κ2) is 6.41. The summed E-state index contributed by atoms with van der Waals surface area (Å²) in [5, 5.41) is 23.6. The lowest BCUT2D eigenvalue weighted by atomic mass is 9.78. The highest BCUT2D eigenvalue weighted by atomic mass is 16.3. The summed E-state index contributed by atoms with van der Waals surface area (Å²) in [5.74, 6) is 0.641. The molecule has 0 radical (unpaired) electrons. The van der Waals surface area contributed by atoms with Gasteiger partial charge in [0, 0.05) is 13.5 Å². The summed E-state index contributed by atoms with van der Waals surface area (Å²) in [6, 6.07) is 12.3. The van der Waals surface area contributed by atoms with Crippen LogP contribution in [-0.2, 0) is 19.1 Å². The van der Waals surface area contributed by atoms with E-state index in [0.29, 0.717) is 12.2 Å². The summed E-state index contributed by atoms with van der Waals surface area (Å²) in [6.45, 7) is 8.18. The van der Waals surface area contributed by atoms with Crippen LogP contribution in [0.25, 0.3) is 0 Å². The molecule has 0 aliphatic carbocycles. The Morgan fingerprint density at radius 2 is 1.44 bits per heavy atom. The van der Waals surface area contributed by atoms with Gasteiger partial charge in [-0.2, -0.15) is 0 Å². The molecule has 5 heteroatoms. The van der Waals surface area contributed by atoms with Crippen molar-refractivity contribution in [3.8, 4) is 0 Å². The van der Waals surface area contributed by atoms with E-state index in [2.05, 4.69) is 41.5 Å². The predicted molar refractivity (Wildman–Crippen MR) is 97.3 cm³/mol. The fourth-order valence-electron chi connectivity index (χ4n) is 3.52. The summed E-state index contributed by atoms with van der Waals surface area (Å²) in [7, 11) is 1.79. The first-order valence-electron chi connectivity index (χ1n) is 8.40. The highest BCUT2D eigenvalue weighted by Gasteiger charge is 2.36. The van der Waals surface area contributed by atoms with E-state index in [1.54, 1.807) is 11.7 Å². The Morgan fingerprint density at radius 3 is 1.84 bits per heavy atom. The lowest BCUT2D eigenvalue weighted by Gasteiger charge is -2.32. The van der Waals surface area contributed by atoms with Crippen molar-refractivity contribution in [1.29, 1.82) is 0 Å². The molecule has 3 aromatic rings. The molecule has 0 aliphatic heterocycles. The average molecular weight is 336 g/mol. The summed E-state index contributed by atoms with van der Waals surface area (Å²) in [4.78, 5) is 0. The lowest BCUT2D eigenvalue weighted by molar-refractivity contribution is 0.0765. The molecule has 1 heterocycles. The van der Waals surface area contributed by atoms with Crippen molar-refractivity contribution in [2.24, 2.45) is 7.05 Å². The number of nitrogens with zero attached hydrogens (tertiary/aromatic N) is 4. The summed E-state index contributed by atoms with van der Waals surface area (Å²) in [5.41, 5.74) is 5.02. The van der Waals surface area contributed by atoms with E-state index >= 15 is 0 Å². The van der Waals surface area contributed by atoms with Crippen LogP contribution in [0.1, 0.15) is 39.2 Å². The third-order valence-electron chi connectivity index (χ3n) is 4.78. The number of hydrogen-bond donors (Lipinski definition) is 1. The maximum absolute atomic E-state index is 11.9. The van der Waals surface area contributed by atoms with Gasteiger partial charge in [0.25, 0.3) is 0 Å². The summed E-state index contributed by atoms with van der Waals surface area (Å²) < 4.78 is 1.61. The van der Waals surface area contributed by atoms with E-state index in [1.807, 2.05) is 38.1 Å². The first-order valence-corrected chi connectivity index (χ1v) is 8.40. The van der Waals surface area contributed by atoms with Crippen LogP contribution in [0.2, 0.25) is 0 Å². The van der Waals surface area contributed by atoms with Crippen LogP contribution >= 0.6 is 0 Å². The van der Waals surface area contributed by atoms with Crippen LogP contribution in [0.3, 0.4) is 0 Å². The molecule has 130 valence electrons. The van der Waals surface area contributed by atoms with Crippen LogP contribution in [0.15, 0.2) is 36.4 Å². The Hall–Kier alpha value is -2.53. The third-order valence-corrected chi connectivity index (χ3v) is 4.78. The molecule has 0 spiro atoms. The van der Waals surface area contributed by atoms with Crippen molar-refractivity contribution in [3.05, 3.63) is 75.6 Å². The predicted octanol–water partition coefficient (Wildman–Crippen LogP) is 2.92. The number of hydrogen-bond acceptors (Lipinski definition) is 4. The highest BCUT2D eigenvalue weighted by Crippen LogP contribution is 2.37. The Kier molecular flexibility index (Phi) is 4.43. The zero-order valence-corrected chi connectivity index (χ0v) is 15.4. The standard InChI is InChI=1S/C20H24N4O/c1-13-6-8-17(15(3)10-13)20(25,12-19-21-22-23-24(19)5)18-9-7-14(2)11-16(18)4/h6-11,25H,12H2,1-5H3. The van der Waals surface area contributed by atoms with E-state index in [9.17, 15) is 5.11 Å². The topological polar surface area (TPSA) is 63.8 Å². The van der Waals surface area contributed by atoms with E-state index in [1.165, 1.54) is 11.1 Å². The molecule has 3 rings (SSSR count). The van der Waals surface area contributed by atoms with Crippen molar-refractivity contribution in [2.75, 3.05) is 0 Å². The van der Waals surface area contributed by atoms with Crippen molar-refractivity contribution >= 4 is 0 Å². The molecule has 0 bridgehead atoms.